The highest BCUT2D eigenvalue weighted by molar-refractivity contribution is 5.90. The maximum absolute atomic E-state index is 13.7. The number of nitriles is 1. The number of esters is 1. The second kappa shape index (κ2) is 6.72. The molecule has 0 bridgehead atoms. The Bertz CT molecular complexity index is 736. The lowest BCUT2D eigenvalue weighted by Crippen LogP contribution is -2.11. The minimum atomic E-state index is -0.561. The Kier molecular flexibility index (Phi) is 4.74. The molecule has 0 aliphatic heterocycles. The number of rotatable bonds is 4. The summed E-state index contributed by atoms with van der Waals surface area (Å²) in [6.07, 6.45) is 0. The van der Waals surface area contributed by atoms with Gasteiger partial charge in [0, 0.05) is 25.3 Å². The molecule has 4 nitrogen and oxygen atoms in total. The van der Waals surface area contributed by atoms with Crippen LogP contribution in [0.25, 0.3) is 0 Å². The van der Waals surface area contributed by atoms with Crippen molar-refractivity contribution in [2.75, 3.05) is 19.0 Å². The zero-order chi connectivity index (χ0) is 16.1. The minimum absolute atomic E-state index is 0.178. The van der Waals surface area contributed by atoms with Crippen LogP contribution in [-0.2, 0) is 11.3 Å². The summed E-state index contributed by atoms with van der Waals surface area (Å²) < 4.78 is 18.8. The molecule has 0 aliphatic rings. The van der Waals surface area contributed by atoms with Gasteiger partial charge in [0.05, 0.1) is 17.2 Å². The molecular formula is C17H15FN2O2. The van der Waals surface area contributed by atoms with E-state index in [1.807, 2.05) is 31.1 Å². The highest BCUT2D eigenvalue weighted by atomic mass is 19.1. The van der Waals surface area contributed by atoms with Crippen LogP contribution >= 0.6 is 0 Å². The second-order valence-electron chi connectivity index (χ2n) is 4.94. The van der Waals surface area contributed by atoms with Gasteiger partial charge in [0.1, 0.15) is 12.4 Å². The van der Waals surface area contributed by atoms with Crippen molar-refractivity contribution in [1.82, 2.24) is 0 Å². The van der Waals surface area contributed by atoms with Gasteiger partial charge < -0.3 is 9.64 Å². The SMILES string of the molecule is CN(C)c1cccc(C(=O)OCc2ccc(C#N)cc2F)c1. The van der Waals surface area contributed by atoms with Crippen LogP contribution < -0.4 is 4.90 Å². The molecule has 0 saturated carbocycles. The number of nitrogens with zero attached hydrogens (tertiary/aromatic N) is 2. The number of ether oxygens (including phenoxy) is 1. The molecular weight excluding hydrogens is 283 g/mol. The summed E-state index contributed by atoms with van der Waals surface area (Å²) >= 11 is 0. The molecule has 5 heteroatoms. The lowest BCUT2D eigenvalue weighted by molar-refractivity contribution is 0.0469. The highest BCUT2D eigenvalue weighted by Gasteiger charge is 2.11. The first-order valence-corrected chi connectivity index (χ1v) is 6.64. The summed E-state index contributed by atoms with van der Waals surface area (Å²) in [6.45, 7) is -0.178. The van der Waals surface area contributed by atoms with E-state index in [1.165, 1.54) is 12.1 Å². The molecule has 0 aromatic heterocycles. The van der Waals surface area contributed by atoms with Crippen molar-refractivity contribution in [2.24, 2.45) is 0 Å². The normalized spacial score (nSPS) is 9.91. The first-order valence-electron chi connectivity index (χ1n) is 6.64. The number of carbonyl (C=O) groups is 1. The Balaban J connectivity index is 2.07. The maximum atomic E-state index is 13.7. The van der Waals surface area contributed by atoms with E-state index in [0.717, 1.165) is 11.8 Å². The fraction of sp³-hybridized carbons (Fsp3) is 0.176. The molecule has 0 fully saturated rings. The van der Waals surface area contributed by atoms with Crippen molar-refractivity contribution < 1.29 is 13.9 Å². The zero-order valence-corrected chi connectivity index (χ0v) is 12.3. The predicted octanol–water partition coefficient (Wildman–Crippen LogP) is 3.12. The average Bonchev–Trinajstić information content (AvgIpc) is 2.53. The monoisotopic (exact) mass is 298 g/mol. The van der Waals surface area contributed by atoms with E-state index < -0.39 is 11.8 Å². The van der Waals surface area contributed by atoms with Crippen molar-refractivity contribution in [1.29, 1.82) is 5.26 Å². The lowest BCUT2D eigenvalue weighted by Gasteiger charge is -2.13. The predicted molar refractivity (Wildman–Crippen MR) is 81.0 cm³/mol. The van der Waals surface area contributed by atoms with E-state index in [-0.39, 0.29) is 17.7 Å². The molecule has 0 unspecified atom stereocenters. The van der Waals surface area contributed by atoms with Crippen LogP contribution in [0.2, 0.25) is 0 Å². The summed E-state index contributed by atoms with van der Waals surface area (Å²) in [5, 5.41) is 8.68. The van der Waals surface area contributed by atoms with Crippen LogP contribution in [0.3, 0.4) is 0 Å². The summed E-state index contributed by atoms with van der Waals surface area (Å²) in [5.41, 5.74) is 1.74. The van der Waals surface area contributed by atoms with Crippen LogP contribution in [0.5, 0.6) is 0 Å². The molecule has 0 aliphatic carbocycles. The largest absolute Gasteiger partial charge is 0.457 e. The molecule has 2 rings (SSSR count). The quantitative estimate of drug-likeness (QED) is 0.814. The smallest absolute Gasteiger partial charge is 0.338 e. The van der Waals surface area contributed by atoms with E-state index in [9.17, 15) is 9.18 Å². The van der Waals surface area contributed by atoms with Gasteiger partial charge in [-0.25, -0.2) is 9.18 Å². The Labute approximate surface area is 128 Å². The fourth-order valence-corrected chi connectivity index (χ4v) is 1.87. The van der Waals surface area contributed by atoms with Gasteiger partial charge >= 0.3 is 5.97 Å². The number of anilines is 1. The minimum Gasteiger partial charge on any atom is -0.457 e. The van der Waals surface area contributed by atoms with Crippen LogP contribution in [0.1, 0.15) is 21.5 Å². The van der Waals surface area contributed by atoms with Crippen molar-refractivity contribution in [3.05, 3.63) is 65.0 Å². The highest BCUT2D eigenvalue weighted by Crippen LogP contribution is 2.16. The van der Waals surface area contributed by atoms with E-state index in [4.69, 9.17) is 10.00 Å². The summed E-state index contributed by atoms with van der Waals surface area (Å²) in [4.78, 5) is 13.9. The van der Waals surface area contributed by atoms with Gasteiger partial charge in [-0.15, -0.1) is 0 Å². The summed E-state index contributed by atoms with van der Waals surface area (Å²) in [5.74, 6) is -1.08. The Hall–Kier alpha value is -2.87. The van der Waals surface area contributed by atoms with Crippen molar-refractivity contribution in [3.63, 3.8) is 0 Å². The van der Waals surface area contributed by atoms with Crippen LogP contribution in [-0.4, -0.2) is 20.1 Å². The third-order valence-corrected chi connectivity index (χ3v) is 3.14. The molecule has 0 heterocycles. The van der Waals surface area contributed by atoms with Gasteiger partial charge in [0.15, 0.2) is 0 Å². The third-order valence-electron chi connectivity index (χ3n) is 3.14. The zero-order valence-electron chi connectivity index (χ0n) is 12.3. The molecule has 112 valence electrons. The lowest BCUT2D eigenvalue weighted by atomic mass is 10.1. The Morgan fingerprint density at radius 3 is 2.68 bits per heavy atom. The third kappa shape index (κ3) is 3.61. The summed E-state index contributed by atoms with van der Waals surface area (Å²) in [7, 11) is 3.74. The fourth-order valence-electron chi connectivity index (χ4n) is 1.87. The molecule has 0 saturated heterocycles. The standard InChI is InChI=1S/C17H15FN2O2/c1-20(2)15-5-3-4-13(9-15)17(21)22-11-14-7-6-12(10-19)8-16(14)18/h3-9H,11H2,1-2H3. The topological polar surface area (TPSA) is 53.3 Å². The first kappa shape index (κ1) is 15.5. The van der Waals surface area contributed by atoms with E-state index in [2.05, 4.69) is 0 Å². The summed E-state index contributed by atoms with van der Waals surface area (Å²) in [6, 6.07) is 12.9. The number of benzene rings is 2. The number of carbonyl (C=O) groups excluding carboxylic acids is 1. The second-order valence-corrected chi connectivity index (χ2v) is 4.94. The molecule has 2 aromatic carbocycles. The Morgan fingerprint density at radius 2 is 2.05 bits per heavy atom. The van der Waals surface area contributed by atoms with E-state index >= 15 is 0 Å². The van der Waals surface area contributed by atoms with Crippen LogP contribution in [0, 0.1) is 17.1 Å². The van der Waals surface area contributed by atoms with Crippen LogP contribution in [0.15, 0.2) is 42.5 Å². The number of hydrogen-bond donors (Lipinski definition) is 0. The molecule has 2 aromatic rings. The van der Waals surface area contributed by atoms with Gasteiger partial charge in [0.25, 0.3) is 0 Å². The van der Waals surface area contributed by atoms with Gasteiger partial charge in [-0.1, -0.05) is 12.1 Å². The van der Waals surface area contributed by atoms with Crippen LogP contribution in [0.4, 0.5) is 10.1 Å². The number of hydrogen-bond acceptors (Lipinski definition) is 4. The van der Waals surface area contributed by atoms with Crippen molar-refractivity contribution in [3.8, 4) is 6.07 Å². The van der Waals surface area contributed by atoms with Gasteiger partial charge in [-0.3, -0.25) is 0 Å². The van der Waals surface area contributed by atoms with Gasteiger partial charge in [-0.2, -0.15) is 5.26 Å². The van der Waals surface area contributed by atoms with Crippen molar-refractivity contribution >= 4 is 11.7 Å². The van der Waals surface area contributed by atoms with Crippen molar-refractivity contribution in [2.45, 2.75) is 6.61 Å². The first-order chi connectivity index (χ1) is 10.5. The molecule has 0 radical (unpaired) electrons. The van der Waals surface area contributed by atoms with Gasteiger partial charge in [-0.05, 0) is 30.3 Å². The molecule has 0 spiro atoms. The van der Waals surface area contributed by atoms with E-state index in [0.29, 0.717) is 5.56 Å². The Morgan fingerprint density at radius 1 is 1.27 bits per heavy atom. The maximum Gasteiger partial charge on any atom is 0.338 e. The van der Waals surface area contributed by atoms with Gasteiger partial charge in [0.2, 0.25) is 0 Å². The molecule has 0 N–H and O–H groups in total. The van der Waals surface area contributed by atoms with E-state index in [1.54, 1.807) is 18.2 Å². The molecule has 0 amide bonds. The molecule has 0 atom stereocenters. The number of halogens is 1. The average molecular weight is 298 g/mol. The molecule has 22 heavy (non-hydrogen) atoms.